The van der Waals surface area contributed by atoms with Crippen LogP contribution in [0.4, 0.5) is 4.79 Å². The van der Waals surface area contributed by atoms with Crippen molar-refractivity contribution in [1.82, 2.24) is 10.6 Å². The molecule has 0 aromatic carbocycles. The smallest absolute Gasteiger partial charge is 0.329 e. The summed E-state index contributed by atoms with van der Waals surface area (Å²) in [6.45, 7) is 6.06. The van der Waals surface area contributed by atoms with E-state index in [1.165, 1.54) is 6.92 Å². The fraction of sp³-hybridized carbons (Fsp3) is 0.833. The normalized spacial score (nSPS) is 15.6. The largest absolute Gasteiger partial charge is 0.480 e. The maximum atomic E-state index is 11.6. The van der Waals surface area contributed by atoms with Gasteiger partial charge in [0.1, 0.15) is 5.54 Å². The van der Waals surface area contributed by atoms with Crippen LogP contribution in [0.15, 0.2) is 0 Å². The Balaban J connectivity index is 4.15. The molecule has 0 saturated heterocycles. The van der Waals surface area contributed by atoms with Crippen LogP contribution >= 0.6 is 11.8 Å². The Morgan fingerprint density at radius 2 is 2.06 bits per heavy atom. The van der Waals surface area contributed by atoms with Crippen molar-refractivity contribution in [1.29, 1.82) is 0 Å². The second-order valence-electron chi connectivity index (χ2n) is 4.60. The number of thioether (sulfide) groups is 1. The molecule has 0 aromatic heterocycles. The zero-order valence-corrected chi connectivity index (χ0v) is 12.4. The molecular weight excluding hydrogens is 252 g/mol. The van der Waals surface area contributed by atoms with Gasteiger partial charge in [0.15, 0.2) is 0 Å². The van der Waals surface area contributed by atoms with E-state index in [-0.39, 0.29) is 0 Å². The fourth-order valence-electron chi connectivity index (χ4n) is 1.52. The Morgan fingerprint density at radius 1 is 1.44 bits per heavy atom. The Hall–Kier alpha value is -0.910. The third kappa shape index (κ3) is 6.14. The first kappa shape index (κ1) is 17.1. The van der Waals surface area contributed by atoms with Gasteiger partial charge in [-0.25, -0.2) is 9.59 Å². The topological polar surface area (TPSA) is 78.4 Å². The molecule has 3 N–H and O–H groups in total. The lowest BCUT2D eigenvalue weighted by atomic mass is 9.97. The minimum absolute atomic E-state index is 0.414. The van der Waals surface area contributed by atoms with Crippen molar-refractivity contribution in [3.63, 3.8) is 0 Å². The van der Waals surface area contributed by atoms with Crippen LogP contribution in [0.2, 0.25) is 0 Å². The van der Waals surface area contributed by atoms with Gasteiger partial charge in [0.25, 0.3) is 0 Å². The molecule has 0 aliphatic heterocycles. The molecule has 0 radical (unpaired) electrons. The van der Waals surface area contributed by atoms with Crippen molar-refractivity contribution in [2.45, 2.75) is 50.8 Å². The van der Waals surface area contributed by atoms with Gasteiger partial charge in [0.2, 0.25) is 0 Å². The highest BCUT2D eigenvalue weighted by atomic mass is 32.2. The summed E-state index contributed by atoms with van der Waals surface area (Å²) < 4.78 is 0. The molecule has 0 saturated carbocycles. The quantitative estimate of drug-likeness (QED) is 0.634. The van der Waals surface area contributed by atoms with Gasteiger partial charge >= 0.3 is 12.0 Å². The summed E-state index contributed by atoms with van der Waals surface area (Å²) in [5.41, 5.74) is -1.19. The van der Waals surface area contributed by atoms with Gasteiger partial charge in [-0.05, 0) is 26.0 Å². The van der Waals surface area contributed by atoms with Crippen LogP contribution in [0.25, 0.3) is 0 Å². The van der Waals surface area contributed by atoms with Crippen LogP contribution in [0.3, 0.4) is 0 Å². The van der Waals surface area contributed by atoms with Crippen LogP contribution in [0, 0.1) is 0 Å². The minimum Gasteiger partial charge on any atom is -0.480 e. The molecule has 18 heavy (non-hydrogen) atoms. The second kappa shape index (κ2) is 8.24. The van der Waals surface area contributed by atoms with Crippen LogP contribution in [-0.4, -0.2) is 40.7 Å². The molecule has 2 atom stereocenters. The molecule has 0 spiro atoms. The lowest BCUT2D eigenvalue weighted by Gasteiger charge is -2.25. The van der Waals surface area contributed by atoms with Crippen molar-refractivity contribution in [2.75, 3.05) is 12.8 Å². The molecule has 0 bridgehead atoms. The van der Waals surface area contributed by atoms with Crippen molar-refractivity contribution >= 4 is 23.8 Å². The Bertz CT molecular complexity index is 286. The van der Waals surface area contributed by atoms with E-state index in [0.717, 1.165) is 6.42 Å². The fourth-order valence-corrected chi connectivity index (χ4v) is 1.88. The third-order valence-corrected chi connectivity index (χ3v) is 3.89. The number of aliphatic carboxylic acids is 1. The molecule has 0 aliphatic rings. The Morgan fingerprint density at radius 3 is 2.50 bits per heavy atom. The van der Waals surface area contributed by atoms with E-state index in [1.807, 2.05) is 13.2 Å². The molecule has 5 nitrogen and oxygen atoms in total. The van der Waals surface area contributed by atoms with Crippen molar-refractivity contribution in [2.24, 2.45) is 0 Å². The molecule has 0 heterocycles. The number of hydrogen-bond acceptors (Lipinski definition) is 3. The summed E-state index contributed by atoms with van der Waals surface area (Å²) in [7, 11) is 0. The molecule has 0 aliphatic carbocycles. The predicted molar refractivity (Wildman–Crippen MR) is 75.1 cm³/mol. The number of carboxylic acid groups (broad SMARTS) is 1. The van der Waals surface area contributed by atoms with E-state index in [9.17, 15) is 9.59 Å². The average molecular weight is 276 g/mol. The van der Waals surface area contributed by atoms with Crippen molar-refractivity contribution < 1.29 is 14.7 Å². The number of rotatable bonds is 8. The van der Waals surface area contributed by atoms with Crippen LogP contribution in [0.1, 0.15) is 40.0 Å². The van der Waals surface area contributed by atoms with Crippen LogP contribution < -0.4 is 10.6 Å². The van der Waals surface area contributed by atoms with E-state index in [4.69, 9.17) is 5.11 Å². The summed E-state index contributed by atoms with van der Waals surface area (Å²) in [6, 6.07) is -0.415. The number of carbonyl (C=O) groups is 2. The van der Waals surface area contributed by atoms with Crippen molar-refractivity contribution in [3.8, 4) is 0 Å². The van der Waals surface area contributed by atoms with Crippen molar-refractivity contribution in [3.05, 3.63) is 0 Å². The lowest BCUT2D eigenvalue weighted by Crippen LogP contribution is -2.55. The number of carboxylic acids is 1. The van der Waals surface area contributed by atoms with Gasteiger partial charge in [-0.2, -0.15) is 11.8 Å². The molecular formula is C12H24N2O3S. The first-order valence-corrected chi connectivity index (χ1v) is 7.46. The first-order valence-electron chi connectivity index (χ1n) is 6.18. The summed E-state index contributed by atoms with van der Waals surface area (Å²) in [5.74, 6) is -1.00. The second-order valence-corrected chi connectivity index (χ2v) is 5.88. The predicted octanol–water partition coefficient (Wildman–Crippen LogP) is 2.07. The summed E-state index contributed by atoms with van der Waals surface area (Å²) >= 11 is 1.74. The van der Waals surface area contributed by atoms with Gasteiger partial charge in [0.05, 0.1) is 0 Å². The van der Waals surface area contributed by atoms with E-state index >= 15 is 0 Å². The molecule has 0 rings (SSSR count). The van der Waals surface area contributed by atoms with Gasteiger partial charge < -0.3 is 15.7 Å². The SMILES string of the molecule is CCCC(C)(NC(=O)NCCC(C)SC)C(=O)O. The monoisotopic (exact) mass is 276 g/mol. The lowest BCUT2D eigenvalue weighted by molar-refractivity contribution is -0.144. The summed E-state index contributed by atoms with van der Waals surface area (Å²) in [5, 5.41) is 14.8. The van der Waals surface area contributed by atoms with Gasteiger partial charge in [-0.15, -0.1) is 0 Å². The zero-order chi connectivity index (χ0) is 14.2. The zero-order valence-electron chi connectivity index (χ0n) is 11.6. The molecule has 0 aromatic rings. The number of nitrogens with one attached hydrogen (secondary N) is 2. The highest BCUT2D eigenvalue weighted by Crippen LogP contribution is 2.12. The highest BCUT2D eigenvalue weighted by molar-refractivity contribution is 7.99. The number of urea groups is 1. The van der Waals surface area contributed by atoms with Gasteiger partial charge in [0, 0.05) is 11.8 Å². The van der Waals surface area contributed by atoms with E-state index in [0.29, 0.717) is 24.6 Å². The van der Waals surface area contributed by atoms with E-state index in [1.54, 1.807) is 11.8 Å². The van der Waals surface area contributed by atoms with E-state index < -0.39 is 17.5 Å². The Kier molecular flexibility index (Phi) is 7.82. The van der Waals surface area contributed by atoms with Gasteiger partial charge in [-0.3, -0.25) is 0 Å². The van der Waals surface area contributed by atoms with E-state index in [2.05, 4.69) is 17.6 Å². The summed E-state index contributed by atoms with van der Waals surface area (Å²) in [4.78, 5) is 22.7. The molecule has 6 heteroatoms. The van der Waals surface area contributed by atoms with Gasteiger partial charge in [-0.1, -0.05) is 20.3 Å². The Labute approximate surface area is 113 Å². The first-order chi connectivity index (χ1) is 8.35. The number of amides is 2. The molecule has 106 valence electrons. The molecule has 0 fully saturated rings. The maximum Gasteiger partial charge on any atom is 0.329 e. The summed E-state index contributed by atoms with van der Waals surface area (Å²) in [6.07, 6.45) is 4.00. The minimum atomic E-state index is -1.19. The number of carbonyl (C=O) groups excluding carboxylic acids is 1. The highest BCUT2D eigenvalue weighted by Gasteiger charge is 2.33. The third-order valence-electron chi connectivity index (χ3n) is 2.85. The molecule has 2 unspecified atom stereocenters. The molecule has 2 amide bonds. The van der Waals surface area contributed by atoms with Crippen LogP contribution in [0.5, 0.6) is 0 Å². The average Bonchev–Trinajstić information content (AvgIpc) is 2.28. The standard InChI is InChI=1S/C12H24N2O3S/c1-5-7-12(3,10(15)16)14-11(17)13-8-6-9(2)18-4/h9H,5-8H2,1-4H3,(H,15,16)(H2,13,14,17). The van der Waals surface area contributed by atoms with Crippen LogP contribution in [-0.2, 0) is 4.79 Å². The maximum absolute atomic E-state index is 11.6. The number of hydrogen-bond donors (Lipinski definition) is 3.